The van der Waals surface area contributed by atoms with Crippen LogP contribution < -0.4 is 0 Å². The molecule has 20 heavy (non-hydrogen) atoms. The maximum atomic E-state index is 12.3. The van der Waals surface area contributed by atoms with Crippen LogP contribution in [0.3, 0.4) is 0 Å². The van der Waals surface area contributed by atoms with E-state index >= 15 is 0 Å². The van der Waals surface area contributed by atoms with E-state index in [0.717, 1.165) is 25.8 Å². The summed E-state index contributed by atoms with van der Waals surface area (Å²) in [6.45, 7) is 3.44. The molecule has 1 atom stereocenters. The van der Waals surface area contributed by atoms with Crippen molar-refractivity contribution >= 4 is 11.5 Å². The zero-order valence-corrected chi connectivity index (χ0v) is 11.7. The zero-order chi connectivity index (χ0) is 14.5. The van der Waals surface area contributed by atoms with Crippen molar-refractivity contribution in [3.05, 3.63) is 39.9 Å². The molecule has 0 aliphatic carbocycles. The smallest absolute Gasteiger partial charge is 0.270 e. The quantitative estimate of drug-likeness (QED) is 0.471. The molecule has 1 saturated heterocycles. The Morgan fingerprint density at radius 3 is 2.95 bits per heavy atom. The highest BCUT2D eigenvalue weighted by molar-refractivity contribution is 5.98. The predicted octanol–water partition coefficient (Wildman–Crippen LogP) is 3.04. The van der Waals surface area contributed by atoms with Crippen LogP contribution in [0.25, 0.3) is 0 Å². The highest BCUT2D eigenvalue weighted by atomic mass is 16.6. The molecule has 2 rings (SSSR count). The Labute approximate surface area is 118 Å². The first kappa shape index (κ1) is 14.7. The standard InChI is InChI=1S/C15H20N2O3/c1-2-13-7-3-4-9-16(13)11-15(18)12-6-5-8-14(10-12)17(19)20/h5-6,8,10,13H,2-4,7,9,11H2,1H3. The van der Waals surface area contributed by atoms with Crippen molar-refractivity contribution < 1.29 is 9.72 Å². The van der Waals surface area contributed by atoms with Crippen molar-refractivity contribution in [2.75, 3.05) is 13.1 Å². The van der Waals surface area contributed by atoms with Crippen LogP contribution in [0.15, 0.2) is 24.3 Å². The molecule has 0 bridgehead atoms. The molecule has 1 aliphatic heterocycles. The van der Waals surface area contributed by atoms with Crippen LogP contribution in [-0.4, -0.2) is 34.7 Å². The summed E-state index contributed by atoms with van der Waals surface area (Å²) < 4.78 is 0. The monoisotopic (exact) mass is 276 g/mol. The molecule has 0 N–H and O–H groups in total. The first-order valence-corrected chi connectivity index (χ1v) is 7.13. The van der Waals surface area contributed by atoms with Gasteiger partial charge < -0.3 is 0 Å². The van der Waals surface area contributed by atoms with E-state index in [1.54, 1.807) is 12.1 Å². The normalized spacial score (nSPS) is 19.8. The number of nitro groups is 1. The van der Waals surface area contributed by atoms with Crippen molar-refractivity contribution in [1.82, 2.24) is 4.90 Å². The van der Waals surface area contributed by atoms with Crippen molar-refractivity contribution in [1.29, 1.82) is 0 Å². The van der Waals surface area contributed by atoms with Gasteiger partial charge in [0.05, 0.1) is 11.5 Å². The molecule has 1 unspecified atom stereocenters. The molecule has 1 heterocycles. The number of rotatable bonds is 5. The van der Waals surface area contributed by atoms with E-state index in [2.05, 4.69) is 11.8 Å². The van der Waals surface area contributed by atoms with Crippen molar-refractivity contribution in [2.24, 2.45) is 0 Å². The van der Waals surface area contributed by atoms with Crippen LogP contribution >= 0.6 is 0 Å². The van der Waals surface area contributed by atoms with Crippen LogP contribution in [0.1, 0.15) is 43.0 Å². The summed E-state index contributed by atoms with van der Waals surface area (Å²) in [5, 5.41) is 10.7. The molecule has 1 aromatic rings. The van der Waals surface area contributed by atoms with Crippen LogP contribution in [0.4, 0.5) is 5.69 Å². The lowest BCUT2D eigenvalue weighted by Gasteiger charge is -2.34. The van der Waals surface area contributed by atoms with E-state index < -0.39 is 4.92 Å². The lowest BCUT2D eigenvalue weighted by molar-refractivity contribution is -0.384. The number of benzene rings is 1. The average molecular weight is 276 g/mol. The second-order valence-electron chi connectivity index (χ2n) is 5.26. The van der Waals surface area contributed by atoms with Gasteiger partial charge in [-0.05, 0) is 25.8 Å². The number of Topliss-reactive ketones (excluding diaryl/α,β-unsaturated/α-hetero) is 1. The van der Waals surface area contributed by atoms with Gasteiger partial charge in [0.25, 0.3) is 5.69 Å². The van der Waals surface area contributed by atoms with Crippen molar-refractivity contribution in [3.63, 3.8) is 0 Å². The minimum absolute atomic E-state index is 0.0264. The summed E-state index contributed by atoms with van der Waals surface area (Å²) in [5.41, 5.74) is 0.404. The molecule has 0 amide bonds. The molecule has 1 fully saturated rings. The summed E-state index contributed by atoms with van der Waals surface area (Å²) in [5.74, 6) is -0.0333. The number of carbonyl (C=O) groups excluding carboxylic acids is 1. The number of piperidine rings is 1. The second kappa shape index (κ2) is 6.61. The third-order valence-corrected chi connectivity index (χ3v) is 3.95. The molecule has 5 nitrogen and oxygen atoms in total. The molecule has 1 aliphatic rings. The van der Waals surface area contributed by atoms with Crippen LogP contribution in [-0.2, 0) is 0 Å². The molecule has 0 aromatic heterocycles. The van der Waals surface area contributed by atoms with Gasteiger partial charge in [0.15, 0.2) is 5.78 Å². The van der Waals surface area contributed by atoms with E-state index in [4.69, 9.17) is 0 Å². The Bertz CT molecular complexity index is 502. The fraction of sp³-hybridized carbons (Fsp3) is 0.533. The predicted molar refractivity (Wildman–Crippen MR) is 76.9 cm³/mol. The molecular weight excluding hydrogens is 256 g/mol. The largest absolute Gasteiger partial charge is 0.293 e. The van der Waals surface area contributed by atoms with Crippen LogP contribution in [0.5, 0.6) is 0 Å². The lowest BCUT2D eigenvalue weighted by Crippen LogP contribution is -2.42. The SMILES string of the molecule is CCC1CCCCN1CC(=O)c1cccc([N+](=O)[O-])c1. The number of non-ortho nitro benzene ring substituents is 1. The molecule has 108 valence electrons. The van der Waals surface area contributed by atoms with Crippen LogP contribution in [0, 0.1) is 10.1 Å². The first-order chi connectivity index (χ1) is 9.61. The topological polar surface area (TPSA) is 63.5 Å². The van der Waals surface area contributed by atoms with E-state index in [1.165, 1.54) is 18.6 Å². The van der Waals surface area contributed by atoms with Crippen LogP contribution in [0.2, 0.25) is 0 Å². The van der Waals surface area contributed by atoms with Gasteiger partial charge >= 0.3 is 0 Å². The van der Waals surface area contributed by atoms with E-state index in [-0.39, 0.29) is 11.5 Å². The number of hydrogen-bond donors (Lipinski definition) is 0. The number of likely N-dealkylation sites (tertiary alicyclic amines) is 1. The molecule has 0 spiro atoms. The first-order valence-electron chi connectivity index (χ1n) is 7.13. The maximum Gasteiger partial charge on any atom is 0.270 e. The second-order valence-corrected chi connectivity index (χ2v) is 5.26. The summed E-state index contributed by atoms with van der Waals surface area (Å²) in [6.07, 6.45) is 4.53. The lowest BCUT2D eigenvalue weighted by atomic mass is 9.99. The maximum absolute atomic E-state index is 12.3. The number of nitrogens with zero attached hydrogens (tertiary/aromatic N) is 2. The highest BCUT2D eigenvalue weighted by Gasteiger charge is 2.23. The Balaban J connectivity index is 2.07. The number of ketones is 1. The average Bonchev–Trinajstić information content (AvgIpc) is 2.48. The van der Waals surface area contributed by atoms with Crippen molar-refractivity contribution in [3.8, 4) is 0 Å². The Morgan fingerprint density at radius 2 is 2.25 bits per heavy atom. The van der Waals surface area contributed by atoms with E-state index in [9.17, 15) is 14.9 Å². The minimum Gasteiger partial charge on any atom is -0.293 e. The van der Waals surface area contributed by atoms with E-state index in [0.29, 0.717) is 18.2 Å². The summed E-state index contributed by atoms with van der Waals surface area (Å²) >= 11 is 0. The fourth-order valence-electron chi connectivity index (χ4n) is 2.80. The van der Waals surface area contributed by atoms with Gasteiger partial charge in [-0.2, -0.15) is 0 Å². The van der Waals surface area contributed by atoms with Gasteiger partial charge in [-0.15, -0.1) is 0 Å². The summed E-state index contributed by atoms with van der Waals surface area (Å²) in [6, 6.07) is 6.46. The Hall–Kier alpha value is -1.75. The van der Waals surface area contributed by atoms with E-state index in [1.807, 2.05) is 0 Å². The summed E-state index contributed by atoms with van der Waals surface area (Å²) in [7, 11) is 0. The third kappa shape index (κ3) is 3.42. The molecular formula is C15H20N2O3. The number of nitro benzene ring substituents is 1. The fourth-order valence-corrected chi connectivity index (χ4v) is 2.80. The van der Waals surface area contributed by atoms with Crippen molar-refractivity contribution in [2.45, 2.75) is 38.6 Å². The molecule has 1 aromatic carbocycles. The van der Waals surface area contributed by atoms with Gasteiger partial charge in [0.2, 0.25) is 0 Å². The van der Waals surface area contributed by atoms with Gasteiger partial charge in [0.1, 0.15) is 0 Å². The van der Waals surface area contributed by atoms with Gasteiger partial charge in [-0.1, -0.05) is 25.5 Å². The minimum atomic E-state index is -0.466. The third-order valence-electron chi connectivity index (χ3n) is 3.95. The highest BCUT2D eigenvalue weighted by Crippen LogP contribution is 2.20. The van der Waals surface area contributed by atoms with Gasteiger partial charge in [-0.3, -0.25) is 19.8 Å². The Kier molecular flexibility index (Phi) is 4.84. The molecule has 0 radical (unpaired) electrons. The molecule has 0 saturated carbocycles. The van der Waals surface area contributed by atoms with Gasteiger partial charge in [0, 0.05) is 23.7 Å². The molecule has 5 heteroatoms. The summed E-state index contributed by atoms with van der Waals surface area (Å²) in [4.78, 5) is 24.8. The Morgan fingerprint density at radius 1 is 1.45 bits per heavy atom. The zero-order valence-electron chi connectivity index (χ0n) is 11.7. The van der Waals surface area contributed by atoms with Gasteiger partial charge in [-0.25, -0.2) is 0 Å². The number of carbonyl (C=O) groups is 1. The number of hydrogen-bond acceptors (Lipinski definition) is 4.